The van der Waals surface area contributed by atoms with Crippen molar-refractivity contribution in [1.82, 2.24) is 10.2 Å². The topological polar surface area (TPSA) is 32.3 Å². The summed E-state index contributed by atoms with van der Waals surface area (Å²) in [4.78, 5) is 14.6. The van der Waals surface area contributed by atoms with E-state index in [4.69, 9.17) is 0 Å². The summed E-state index contributed by atoms with van der Waals surface area (Å²) in [7, 11) is 0. The van der Waals surface area contributed by atoms with Gasteiger partial charge in [0.15, 0.2) is 0 Å². The fourth-order valence-electron chi connectivity index (χ4n) is 3.58. The van der Waals surface area contributed by atoms with Crippen LogP contribution in [0.2, 0.25) is 0 Å². The second-order valence-corrected chi connectivity index (χ2v) is 6.76. The second kappa shape index (κ2) is 6.74. The van der Waals surface area contributed by atoms with Gasteiger partial charge in [-0.3, -0.25) is 9.69 Å². The summed E-state index contributed by atoms with van der Waals surface area (Å²) in [5, 5.41) is 3.26. The van der Waals surface area contributed by atoms with Gasteiger partial charge in [-0.05, 0) is 25.2 Å². The van der Waals surface area contributed by atoms with E-state index in [1.807, 2.05) is 13.8 Å². The van der Waals surface area contributed by atoms with E-state index in [1.165, 1.54) is 38.6 Å². The highest BCUT2D eigenvalue weighted by Gasteiger charge is 2.32. The van der Waals surface area contributed by atoms with Crippen molar-refractivity contribution in [3.8, 4) is 0 Å². The number of piperidine rings is 1. The summed E-state index contributed by atoms with van der Waals surface area (Å²) in [6, 6.07) is 1.15. The lowest BCUT2D eigenvalue weighted by atomic mass is 9.90. The van der Waals surface area contributed by atoms with Crippen molar-refractivity contribution in [3.63, 3.8) is 0 Å². The molecule has 2 aliphatic rings. The Kier molecular flexibility index (Phi) is 5.26. The Bertz CT molecular complexity index is 297. The van der Waals surface area contributed by atoms with Crippen molar-refractivity contribution >= 4 is 5.91 Å². The molecule has 3 heteroatoms. The summed E-state index contributed by atoms with van der Waals surface area (Å²) in [5.74, 6) is 1.07. The van der Waals surface area contributed by atoms with Crippen molar-refractivity contribution < 1.29 is 4.79 Å². The largest absolute Gasteiger partial charge is 0.352 e. The average molecular weight is 266 g/mol. The molecule has 2 rings (SSSR count). The summed E-state index contributed by atoms with van der Waals surface area (Å²) < 4.78 is 0. The molecule has 1 aliphatic heterocycles. The highest BCUT2D eigenvalue weighted by atomic mass is 16.1. The number of nitrogens with one attached hydrogen (secondary N) is 1. The highest BCUT2D eigenvalue weighted by molar-refractivity contribution is 5.78. The molecule has 1 saturated carbocycles. The molecule has 1 N–H and O–H groups in total. The molecule has 19 heavy (non-hydrogen) atoms. The van der Waals surface area contributed by atoms with Crippen LogP contribution in [0.3, 0.4) is 0 Å². The van der Waals surface area contributed by atoms with Gasteiger partial charge in [0, 0.05) is 31.1 Å². The maximum Gasteiger partial charge on any atom is 0.222 e. The van der Waals surface area contributed by atoms with Crippen LogP contribution < -0.4 is 5.32 Å². The number of likely N-dealkylation sites (tertiary alicyclic amines) is 1. The Hall–Kier alpha value is -0.570. The van der Waals surface area contributed by atoms with Crippen molar-refractivity contribution in [1.29, 1.82) is 0 Å². The van der Waals surface area contributed by atoms with E-state index in [-0.39, 0.29) is 11.8 Å². The predicted octanol–water partition coefficient (Wildman–Crippen LogP) is 2.80. The van der Waals surface area contributed by atoms with Gasteiger partial charge in [0.1, 0.15) is 0 Å². The molecule has 1 heterocycles. The normalized spacial score (nSPS) is 29.9. The molecule has 0 aromatic carbocycles. The smallest absolute Gasteiger partial charge is 0.222 e. The molecule has 110 valence electrons. The number of hydrogen-bond acceptors (Lipinski definition) is 2. The predicted molar refractivity (Wildman–Crippen MR) is 79.0 cm³/mol. The van der Waals surface area contributed by atoms with Crippen molar-refractivity contribution in [3.05, 3.63) is 0 Å². The fourth-order valence-corrected chi connectivity index (χ4v) is 3.58. The maximum atomic E-state index is 11.9. The first-order valence-corrected chi connectivity index (χ1v) is 8.14. The summed E-state index contributed by atoms with van der Waals surface area (Å²) >= 11 is 0. The molecule has 1 aliphatic carbocycles. The zero-order valence-corrected chi connectivity index (χ0v) is 12.8. The first-order valence-electron chi connectivity index (χ1n) is 8.14. The van der Waals surface area contributed by atoms with Crippen LogP contribution in [0.1, 0.15) is 59.3 Å². The van der Waals surface area contributed by atoms with Crippen molar-refractivity contribution in [2.75, 3.05) is 13.1 Å². The quantitative estimate of drug-likeness (QED) is 0.848. The van der Waals surface area contributed by atoms with Gasteiger partial charge in [-0.2, -0.15) is 0 Å². The number of amides is 1. The minimum Gasteiger partial charge on any atom is -0.352 e. The molecule has 0 spiro atoms. The van der Waals surface area contributed by atoms with E-state index < -0.39 is 0 Å². The van der Waals surface area contributed by atoms with E-state index in [1.54, 1.807) is 0 Å². The van der Waals surface area contributed by atoms with Crippen LogP contribution in [-0.4, -0.2) is 36.0 Å². The van der Waals surface area contributed by atoms with Crippen LogP contribution in [0.5, 0.6) is 0 Å². The minimum absolute atomic E-state index is 0.0990. The number of rotatable bonds is 4. The standard InChI is InChI=1S/C16H30N2O/c1-4-13-9-14(17-16(19)12(2)3)11-18(10-13)15-7-5-6-8-15/h12-15H,4-11H2,1-3H3,(H,17,19). The summed E-state index contributed by atoms with van der Waals surface area (Å²) in [5.41, 5.74) is 0. The Morgan fingerprint density at radius 1 is 1.26 bits per heavy atom. The Labute approximate surface area is 118 Å². The third-order valence-corrected chi connectivity index (χ3v) is 4.85. The molecule has 0 aromatic heterocycles. The molecule has 0 bridgehead atoms. The molecular weight excluding hydrogens is 236 g/mol. The molecule has 2 unspecified atom stereocenters. The molecule has 1 amide bonds. The molecule has 3 nitrogen and oxygen atoms in total. The van der Waals surface area contributed by atoms with Gasteiger partial charge in [-0.1, -0.05) is 40.0 Å². The van der Waals surface area contributed by atoms with E-state index in [9.17, 15) is 4.79 Å². The number of nitrogens with zero attached hydrogens (tertiary/aromatic N) is 1. The summed E-state index contributed by atoms with van der Waals surface area (Å²) in [6.07, 6.45) is 7.90. The van der Waals surface area contributed by atoms with E-state index >= 15 is 0 Å². The van der Waals surface area contributed by atoms with Crippen molar-refractivity contribution in [2.45, 2.75) is 71.4 Å². The zero-order valence-electron chi connectivity index (χ0n) is 12.8. The maximum absolute atomic E-state index is 11.9. The molecule has 1 saturated heterocycles. The number of carbonyl (C=O) groups is 1. The lowest BCUT2D eigenvalue weighted by Crippen LogP contribution is -2.53. The van der Waals surface area contributed by atoms with Gasteiger partial charge in [0.2, 0.25) is 5.91 Å². The lowest BCUT2D eigenvalue weighted by molar-refractivity contribution is -0.125. The monoisotopic (exact) mass is 266 g/mol. The van der Waals surface area contributed by atoms with Crippen LogP contribution >= 0.6 is 0 Å². The fraction of sp³-hybridized carbons (Fsp3) is 0.938. The molecule has 2 fully saturated rings. The van der Waals surface area contributed by atoms with Gasteiger partial charge >= 0.3 is 0 Å². The average Bonchev–Trinajstić information content (AvgIpc) is 2.92. The first-order chi connectivity index (χ1) is 9.10. The van der Waals surface area contributed by atoms with E-state index in [0.717, 1.165) is 24.9 Å². The van der Waals surface area contributed by atoms with E-state index in [0.29, 0.717) is 6.04 Å². The van der Waals surface area contributed by atoms with Crippen molar-refractivity contribution in [2.24, 2.45) is 11.8 Å². The summed E-state index contributed by atoms with van der Waals surface area (Å²) in [6.45, 7) is 8.55. The number of carbonyl (C=O) groups excluding carboxylic acids is 1. The first kappa shape index (κ1) is 14.8. The Morgan fingerprint density at radius 2 is 1.95 bits per heavy atom. The zero-order chi connectivity index (χ0) is 13.8. The van der Waals surface area contributed by atoms with Crippen LogP contribution in [-0.2, 0) is 4.79 Å². The molecule has 2 atom stereocenters. The van der Waals surface area contributed by atoms with Gasteiger partial charge < -0.3 is 5.32 Å². The van der Waals surface area contributed by atoms with E-state index in [2.05, 4.69) is 17.1 Å². The van der Waals surface area contributed by atoms with Crippen LogP contribution in [0.15, 0.2) is 0 Å². The molecule has 0 radical (unpaired) electrons. The lowest BCUT2D eigenvalue weighted by Gasteiger charge is -2.41. The van der Waals surface area contributed by atoms with Gasteiger partial charge in [-0.15, -0.1) is 0 Å². The Balaban J connectivity index is 1.93. The SMILES string of the molecule is CCC1CC(NC(=O)C(C)C)CN(C2CCCC2)C1. The second-order valence-electron chi connectivity index (χ2n) is 6.76. The van der Waals surface area contributed by atoms with Crippen LogP contribution in [0.25, 0.3) is 0 Å². The Morgan fingerprint density at radius 3 is 2.53 bits per heavy atom. The third kappa shape index (κ3) is 3.95. The third-order valence-electron chi connectivity index (χ3n) is 4.85. The number of hydrogen-bond donors (Lipinski definition) is 1. The van der Waals surface area contributed by atoms with Crippen LogP contribution in [0.4, 0.5) is 0 Å². The van der Waals surface area contributed by atoms with Gasteiger partial charge in [0.05, 0.1) is 0 Å². The van der Waals surface area contributed by atoms with Crippen LogP contribution in [0, 0.1) is 11.8 Å². The molecule has 0 aromatic rings. The van der Waals surface area contributed by atoms with Gasteiger partial charge in [0.25, 0.3) is 0 Å². The molecular formula is C16H30N2O. The minimum atomic E-state index is 0.0990. The van der Waals surface area contributed by atoms with Gasteiger partial charge in [-0.25, -0.2) is 0 Å². The highest BCUT2D eigenvalue weighted by Crippen LogP contribution is 2.29.